The van der Waals surface area contributed by atoms with Crippen LogP contribution in [0.5, 0.6) is 0 Å². The van der Waals surface area contributed by atoms with Crippen molar-refractivity contribution in [3.05, 3.63) is 12.2 Å². The van der Waals surface area contributed by atoms with Crippen LogP contribution in [0.25, 0.3) is 0 Å². The fourth-order valence-electron chi connectivity index (χ4n) is 4.98. The molecule has 5 nitrogen and oxygen atoms in total. The fourth-order valence-corrected chi connectivity index (χ4v) is 7.13. The second kappa shape index (κ2) is 4.24. The molecule has 3 fully saturated rings. The van der Waals surface area contributed by atoms with Gasteiger partial charge < -0.3 is 9.31 Å². The highest BCUT2D eigenvalue weighted by molar-refractivity contribution is 7.90. The first-order valence-corrected chi connectivity index (χ1v) is 9.83. The smallest absolute Gasteiger partial charge is 0.402 e. The Kier molecular flexibility index (Phi) is 2.97. The quantitative estimate of drug-likeness (QED) is 0.417. The van der Waals surface area contributed by atoms with Gasteiger partial charge in [0.25, 0.3) is 10.1 Å². The van der Waals surface area contributed by atoms with Crippen molar-refractivity contribution in [1.82, 2.24) is 0 Å². The lowest BCUT2D eigenvalue weighted by Gasteiger charge is -2.49. The lowest BCUT2D eigenvalue weighted by atomic mass is 9.55. The molecule has 7 heteroatoms. The highest BCUT2D eigenvalue weighted by atomic mass is 32.2. The molecule has 4 aliphatic rings. The molecule has 4 rings (SSSR count). The summed E-state index contributed by atoms with van der Waals surface area (Å²) < 4.78 is 43.1. The molecule has 23 heavy (non-hydrogen) atoms. The summed E-state index contributed by atoms with van der Waals surface area (Å²) in [6.07, 6.45) is 6.03. The Hall–Kier alpha value is -0.365. The van der Waals surface area contributed by atoms with Gasteiger partial charge in [0.1, 0.15) is 4.65 Å². The number of allylic oxidation sites excluding steroid dienone is 2. The van der Waals surface area contributed by atoms with E-state index >= 15 is 0 Å². The minimum Gasteiger partial charge on any atom is -0.402 e. The van der Waals surface area contributed by atoms with Gasteiger partial charge in [0.2, 0.25) is 0 Å². The maximum atomic E-state index is 13.2. The van der Waals surface area contributed by atoms with Gasteiger partial charge in [-0.2, -0.15) is 8.42 Å². The highest BCUT2D eigenvalue weighted by Gasteiger charge is 2.78. The summed E-state index contributed by atoms with van der Waals surface area (Å²) in [5, 5.41) is 0. The zero-order valence-corrected chi connectivity index (χ0v) is 15.3. The van der Waals surface area contributed by atoms with Crippen molar-refractivity contribution >= 4 is 17.2 Å². The van der Waals surface area contributed by atoms with E-state index in [4.69, 9.17) is 13.5 Å². The molecular formula is C16H25BO5S. The normalized spacial score (nSPS) is 48.7. The zero-order chi connectivity index (χ0) is 16.9. The van der Waals surface area contributed by atoms with E-state index in [0.717, 1.165) is 6.42 Å². The predicted octanol–water partition coefficient (Wildman–Crippen LogP) is 2.46. The summed E-state index contributed by atoms with van der Waals surface area (Å²) >= 11 is 0. The predicted molar refractivity (Wildman–Crippen MR) is 87.2 cm³/mol. The van der Waals surface area contributed by atoms with Crippen LogP contribution >= 0.6 is 0 Å². The third kappa shape index (κ3) is 1.77. The van der Waals surface area contributed by atoms with Crippen molar-refractivity contribution in [2.45, 2.75) is 75.8 Å². The minimum atomic E-state index is -3.80. The highest BCUT2D eigenvalue weighted by Crippen LogP contribution is 2.66. The average Bonchev–Trinajstić information content (AvgIpc) is 2.96. The van der Waals surface area contributed by atoms with E-state index in [1.54, 1.807) is 0 Å². The molecule has 0 aromatic carbocycles. The Morgan fingerprint density at radius 1 is 1.04 bits per heavy atom. The van der Waals surface area contributed by atoms with Gasteiger partial charge in [-0.25, -0.2) is 0 Å². The molecule has 0 radical (unpaired) electrons. The third-order valence-electron chi connectivity index (χ3n) is 6.74. The molecule has 0 amide bonds. The van der Waals surface area contributed by atoms with Gasteiger partial charge in [0.15, 0.2) is 0 Å². The molecule has 2 aliphatic carbocycles. The van der Waals surface area contributed by atoms with Crippen LogP contribution in [-0.4, -0.2) is 37.5 Å². The second-order valence-electron chi connectivity index (χ2n) is 8.73. The summed E-state index contributed by atoms with van der Waals surface area (Å²) in [6.45, 7) is 9.66. The van der Waals surface area contributed by atoms with E-state index in [1.807, 2.05) is 34.6 Å². The third-order valence-corrected chi connectivity index (χ3v) is 8.98. The van der Waals surface area contributed by atoms with Gasteiger partial charge in [0.05, 0.1) is 17.3 Å². The van der Waals surface area contributed by atoms with Crippen molar-refractivity contribution in [3.8, 4) is 0 Å². The summed E-state index contributed by atoms with van der Waals surface area (Å²) in [5.41, 5.74) is -1.55. The van der Waals surface area contributed by atoms with Crippen LogP contribution in [0.1, 0.15) is 53.9 Å². The van der Waals surface area contributed by atoms with Crippen molar-refractivity contribution < 1.29 is 21.9 Å². The van der Waals surface area contributed by atoms with Crippen LogP contribution in [-0.2, 0) is 23.6 Å². The molecule has 128 valence electrons. The SMILES string of the molecule is C[C@@H]1C[C@@]23C=C[C@@H](C2)C[C@@]3(B2OC(C)(C)C(C)(C)O2)S(=O)(=O)O1. The fraction of sp³-hybridized carbons (Fsp3) is 0.875. The number of hydrogen-bond donors (Lipinski definition) is 0. The summed E-state index contributed by atoms with van der Waals surface area (Å²) in [5.74, 6) is 0.262. The van der Waals surface area contributed by atoms with Gasteiger partial charge in [-0.1, -0.05) is 12.2 Å². The first-order chi connectivity index (χ1) is 10.4. The van der Waals surface area contributed by atoms with Crippen molar-refractivity contribution in [1.29, 1.82) is 0 Å². The molecule has 2 aliphatic heterocycles. The second-order valence-corrected chi connectivity index (χ2v) is 10.6. The first-order valence-electron chi connectivity index (χ1n) is 8.43. The monoisotopic (exact) mass is 340 g/mol. The molecule has 0 aromatic heterocycles. The topological polar surface area (TPSA) is 61.8 Å². The van der Waals surface area contributed by atoms with Gasteiger partial charge in [-0.3, -0.25) is 4.18 Å². The van der Waals surface area contributed by atoms with Crippen molar-refractivity contribution in [3.63, 3.8) is 0 Å². The maximum Gasteiger partial charge on any atom is 0.483 e. The van der Waals surface area contributed by atoms with E-state index in [0.29, 0.717) is 12.8 Å². The van der Waals surface area contributed by atoms with Crippen LogP contribution in [0.4, 0.5) is 0 Å². The minimum absolute atomic E-state index is 0.262. The van der Waals surface area contributed by atoms with E-state index in [-0.39, 0.29) is 12.0 Å². The first kappa shape index (κ1) is 16.1. The van der Waals surface area contributed by atoms with Gasteiger partial charge in [-0.05, 0) is 59.8 Å². The van der Waals surface area contributed by atoms with Crippen LogP contribution < -0.4 is 0 Å². The standard InChI is InChI=1S/C16H25BO5S/c1-11-8-15-7-6-12(9-15)10-16(15,23(18,19)20-11)17-21-13(2,3)14(4,5)22-17/h6-7,11-12H,8-10H2,1-5H3/t11-,12+,15+,16-/m1/s1. The molecule has 4 atom stereocenters. The molecule has 2 bridgehead atoms. The Balaban J connectivity index is 1.86. The van der Waals surface area contributed by atoms with Gasteiger partial charge in [0, 0.05) is 5.41 Å². The van der Waals surface area contributed by atoms with E-state index in [9.17, 15) is 8.42 Å². The summed E-state index contributed by atoms with van der Waals surface area (Å²) in [7, 11) is -4.59. The molecule has 0 unspecified atom stereocenters. The van der Waals surface area contributed by atoms with E-state index in [2.05, 4.69) is 12.2 Å². The van der Waals surface area contributed by atoms with Crippen LogP contribution in [0.15, 0.2) is 12.2 Å². The Morgan fingerprint density at radius 3 is 2.22 bits per heavy atom. The lowest BCUT2D eigenvalue weighted by molar-refractivity contribution is 0.00578. The average molecular weight is 340 g/mol. The molecule has 1 spiro atoms. The van der Waals surface area contributed by atoms with Gasteiger partial charge in [-0.15, -0.1) is 0 Å². The lowest BCUT2D eigenvalue weighted by Crippen LogP contribution is -2.65. The Bertz CT molecular complexity index is 669. The summed E-state index contributed by atoms with van der Waals surface area (Å²) in [4.78, 5) is 0. The number of fused-ring (bicyclic) bond motifs is 1. The van der Waals surface area contributed by atoms with Crippen LogP contribution in [0, 0.1) is 11.3 Å². The van der Waals surface area contributed by atoms with Crippen LogP contribution in [0.3, 0.4) is 0 Å². The van der Waals surface area contributed by atoms with Crippen LogP contribution in [0.2, 0.25) is 0 Å². The molecule has 2 saturated heterocycles. The van der Waals surface area contributed by atoms with Crippen molar-refractivity contribution in [2.75, 3.05) is 0 Å². The number of rotatable bonds is 1. The van der Waals surface area contributed by atoms with Crippen molar-refractivity contribution in [2.24, 2.45) is 11.3 Å². The number of hydrogen-bond acceptors (Lipinski definition) is 5. The zero-order valence-electron chi connectivity index (χ0n) is 14.5. The largest absolute Gasteiger partial charge is 0.483 e. The Labute approximate surface area is 139 Å². The van der Waals surface area contributed by atoms with E-state index in [1.165, 1.54) is 0 Å². The molecule has 2 heterocycles. The maximum absolute atomic E-state index is 13.2. The molecule has 0 N–H and O–H groups in total. The summed E-state index contributed by atoms with van der Waals surface area (Å²) in [6, 6.07) is 0. The molecule has 0 aromatic rings. The molecule has 1 saturated carbocycles. The van der Waals surface area contributed by atoms with Gasteiger partial charge >= 0.3 is 7.12 Å². The van der Waals surface area contributed by atoms with E-state index < -0.39 is 38.5 Å². The molecular weight excluding hydrogens is 315 g/mol. The Morgan fingerprint density at radius 2 is 1.65 bits per heavy atom.